The molecular formula is C21H22FNO2. The van der Waals surface area contributed by atoms with E-state index in [1.807, 2.05) is 18.0 Å². The number of hydrogen-bond donors (Lipinski definition) is 1. The Kier molecular flexibility index (Phi) is 3.60. The van der Waals surface area contributed by atoms with Crippen molar-refractivity contribution in [1.82, 2.24) is 4.90 Å². The summed E-state index contributed by atoms with van der Waals surface area (Å²) in [4.78, 5) is 14.0. The van der Waals surface area contributed by atoms with Gasteiger partial charge >= 0.3 is 0 Å². The van der Waals surface area contributed by atoms with Crippen molar-refractivity contribution in [1.29, 1.82) is 0 Å². The number of phenolic OH excluding ortho intramolecular Hbond substituents is 1. The molecule has 1 N–H and O–H groups in total. The Morgan fingerprint density at radius 1 is 1.16 bits per heavy atom. The van der Waals surface area contributed by atoms with Gasteiger partial charge in [0.25, 0.3) is 0 Å². The maximum Gasteiger partial charge on any atom is 0.222 e. The summed E-state index contributed by atoms with van der Waals surface area (Å²) in [7, 11) is 1.92. The Morgan fingerprint density at radius 2 is 1.88 bits per heavy atom. The average Bonchev–Trinajstić information content (AvgIpc) is 2.60. The molecule has 0 radical (unpaired) electrons. The van der Waals surface area contributed by atoms with Gasteiger partial charge in [-0.3, -0.25) is 4.79 Å². The molecule has 2 aromatic rings. The summed E-state index contributed by atoms with van der Waals surface area (Å²) in [6.45, 7) is 2.26. The molecule has 2 aliphatic rings. The summed E-state index contributed by atoms with van der Waals surface area (Å²) in [5.41, 5.74) is 4.30. The second kappa shape index (κ2) is 5.58. The highest BCUT2D eigenvalue weighted by Crippen LogP contribution is 2.46. The summed E-state index contributed by atoms with van der Waals surface area (Å²) < 4.78 is 13.7. The zero-order chi connectivity index (χ0) is 17.8. The first-order valence-electron chi connectivity index (χ1n) is 8.78. The zero-order valence-electron chi connectivity index (χ0n) is 14.6. The highest BCUT2D eigenvalue weighted by atomic mass is 19.1. The van der Waals surface area contributed by atoms with Crippen LogP contribution in [0.1, 0.15) is 37.3 Å². The smallest absolute Gasteiger partial charge is 0.222 e. The molecule has 3 nitrogen and oxygen atoms in total. The number of rotatable bonds is 1. The first-order chi connectivity index (χ1) is 11.9. The van der Waals surface area contributed by atoms with E-state index in [1.54, 1.807) is 6.07 Å². The normalized spacial score (nSPS) is 25.5. The lowest BCUT2D eigenvalue weighted by atomic mass is 9.63. The molecule has 130 valence electrons. The molecular weight excluding hydrogens is 317 g/mol. The predicted octanol–water partition coefficient (Wildman–Crippen LogP) is 4.02. The number of aryl methyl sites for hydroxylation is 1. The number of carbonyl (C=O) groups is 1. The van der Waals surface area contributed by atoms with Gasteiger partial charge < -0.3 is 10.0 Å². The highest BCUT2D eigenvalue weighted by molar-refractivity contribution is 5.78. The van der Waals surface area contributed by atoms with Crippen molar-refractivity contribution in [3.8, 4) is 16.9 Å². The van der Waals surface area contributed by atoms with Gasteiger partial charge in [-0.1, -0.05) is 31.2 Å². The third kappa shape index (κ3) is 2.43. The van der Waals surface area contributed by atoms with Crippen LogP contribution in [-0.4, -0.2) is 29.0 Å². The van der Waals surface area contributed by atoms with E-state index in [9.17, 15) is 14.3 Å². The Labute approximate surface area is 147 Å². The number of likely N-dealkylation sites (N-methyl/N-ethyl adjacent to an activating group) is 1. The Balaban J connectivity index is 1.75. The lowest BCUT2D eigenvalue weighted by Gasteiger charge is -2.50. The topological polar surface area (TPSA) is 40.5 Å². The van der Waals surface area contributed by atoms with Crippen molar-refractivity contribution < 1.29 is 14.3 Å². The van der Waals surface area contributed by atoms with Gasteiger partial charge in [0, 0.05) is 24.9 Å². The van der Waals surface area contributed by atoms with Crippen LogP contribution in [0, 0.1) is 5.82 Å². The lowest BCUT2D eigenvalue weighted by molar-refractivity contribution is -0.138. The molecule has 1 aliphatic heterocycles. The highest BCUT2D eigenvalue weighted by Gasteiger charge is 2.46. The number of carbonyl (C=O) groups excluding carboxylic acids is 1. The van der Waals surface area contributed by atoms with Crippen LogP contribution in [0.15, 0.2) is 36.4 Å². The van der Waals surface area contributed by atoms with Gasteiger partial charge in [-0.25, -0.2) is 4.39 Å². The van der Waals surface area contributed by atoms with E-state index >= 15 is 0 Å². The fourth-order valence-electron chi connectivity index (χ4n) is 4.65. The molecule has 4 heteroatoms. The molecule has 2 atom stereocenters. The van der Waals surface area contributed by atoms with E-state index in [2.05, 4.69) is 19.1 Å². The van der Waals surface area contributed by atoms with Gasteiger partial charge in [-0.2, -0.15) is 0 Å². The van der Waals surface area contributed by atoms with Gasteiger partial charge in [0.15, 0.2) is 11.6 Å². The van der Waals surface area contributed by atoms with Crippen LogP contribution < -0.4 is 0 Å². The van der Waals surface area contributed by atoms with E-state index in [-0.39, 0.29) is 23.1 Å². The summed E-state index contributed by atoms with van der Waals surface area (Å²) in [5, 5.41) is 9.39. The second-order valence-corrected chi connectivity index (χ2v) is 7.51. The van der Waals surface area contributed by atoms with Crippen molar-refractivity contribution in [3.63, 3.8) is 0 Å². The average molecular weight is 339 g/mol. The number of piperidine rings is 1. The van der Waals surface area contributed by atoms with Crippen LogP contribution in [0.5, 0.6) is 5.75 Å². The van der Waals surface area contributed by atoms with Crippen LogP contribution in [0.2, 0.25) is 0 Å². The second-order valence-electron chi connectivity index (χ2n) is 7.51. The minimum atomic E-state index is -0.602. The number of aromatic hydroxyl groups is 1. The lowest BCUT2D eigenvalue weighted by Crippen LogP contribution is -2.56. The molecule has 1 amide bonds. The van der Waals surface area contributed by atoms with Crippen molar-refractivity contribution in [2.45, 2.75) is 44.1 Å². The molecule has 1 aliphatic carbocycles. The predicted molar refractivity (Wildman–Crippen MR) is 95.0 cm³/mol. The molecule has 0 unspecified atom stereocenters. The number of fused-ring (bicyclic) bond motifs is 3. The third-order valence-electron chi connectivity index (χ3n) is 6.14. The monoisotopic (exact) mass is 339 g/mol. The minimum Gasteiger partial charge on any atom is -0.505 e. The third-order valence-corrected chi connectivity index (χ3v) is 6.14. The largest absolute Gasteiger partial charge is 0.505 e. The van der Waals surface area contributed by atoms with Crippen LogP contribution >= 0.6 is 0 Å². The molecule has 25 heavy (non-hydrogen) atoms. The summed E-state index contributed by atoms with van der Waals surface area (Å²) in [5.74, 6) is -0.691. The molecule has 4 rings (SSSR count). The van der Waals surface area contributed by atoms with Crippen molar-refractivity contribution in [2.24, 2.45) is 0 Å². The number of amides is 1. The van der Waals surface area contributed by atoms with Crippen LogP contribution in [0.3, 0.4) is 0 Å². The van der Waals surface area contributed by atoms with Crippen LogP contribution in [0.25, 0.3) is 11.1 Å². The number of hydrogen-bond acceptors (Lipinski definition) is 2. The number of phenols is 1. The van der Waals surface area contributed by atoms with E-state index in [1.165, 1.54) is 23.3 Å². The zero-order valence-corrected chi connectivity index (χ0v) is 14.6. The minimum absolute atomic E-state index is 0.0189. The Morgan fingerprint density at radius 3 is 2.64 bits per heavy atom. The summed E-state index contributed by atoms with van der Waals surface area (Å²) >= 11 is 0. The van der Waals surface area contributed by atoms with E-state index in [0.717, 1.165) is 30.4 Å². The first kappa shape index (κ1) is 16.1. The van der Waals surface area contributed by atoms with E-state index < -0.39 is 5.82 Å². The Hall–Kier alpha value is -2.36. The maximum absolute atomic E-state index is 13.7. The summed E-state index contributed by atoms with van der Waals surface area (Å²) in [6.07, 6.45) is 3.34. The van der Waals surface area contributed by atoms with Gasteiger partial charge in [-0.05, 0) is 53.6 Å². The quantitative estimate of drug-likeness (QED) is 0.852. The molecule has 0 aromatic heterocycles. The molecule has 1 heterocycles. The summed E-state index contributed by atoms with van der Waals surface area (Å²) in [6, 6.07) is 11.1. The first-order valence-corrected chi connectivity index (χ1v) is 8.78. The molecule has 0 saturated carbocycles. The number of halogens is 1. The molecule has 1 fully saturated rings. The van der Waals surface area contributed by atoms with E-state index in [4.69, 9.17) is 0 Å². The van der Waals surface area contributed by atoms with Crippen molar-refractivity contribution >= 4 is 5.91 Å². The van der Waals surface area contributed by atoms with Crippen molar-refractivity contribution in [3.05, 3.63) is 53.3 Å². The number of nitrogens with zero attached hydrogens (tertiary/aromatic N) is 1. The molecule has 0 bridgehead atoms. The van der Waals surface area contributed by atoms with Crippen LogP contribution in [-0.2, 0) is 16.6 Å². The maximum atomic E-state index is 13.7. The van der Waals surface area contributed by atoms with Crippen molar-refractivity contribution in [2.75, 3.05) is 7.05 Å². The fourth-order valence-corrected chi connectivity index (χ4v) is 4.65. The van der Waals surface area contributed by atoms with E-state index in [0.29, 0.717) is 6.42 Å². The van der Waals surface area contributed by atoms with Crippen LogP contribution in [0.4, 0.5) is 4.39 Å². The standard InChI is InChI=1S/C21H22FNO2/c1-21-10-9-20(25)23(2)19(21)8-5-15-11-13(3-6-16(15)21)14-4-7-18(24)17(22)12-14/h3-4,6-7,11-12,19,24H,5,8-10H2,1-2H3/t19-,21-/m1/s1. The van der Waals surface area contributed by atoms with Gasteiger partial charge in [0.1, 0.15) is 0 Å². The van der Waals surface area contributed by atoms with Gasteiger partial charge in [0.2, 0.25) is 5.91 Å². The Bertz CT molecular complexity index is 863. The molecule has 1 saturated heterocycles. The number of benzene rings is 2. The number of likely N-dealkylation sites (tertiary alicyclic amines) is 1. The molecule has 0 spiro atoms. The van der Waals surface area contributed by atoms with Gasteiger partial charge in [0.05, 0.1) is 0 Å². The SMILES string of the molecule is CN1C(=O)CC[C@]2(C)c3ccc(-c4ccc(O)c(F)c4)cc3CC[C@@H]12. The fraction of sp³-hybridized carbons (Fsp3) is 0.381. The van der Waals surface area contributed by atoms with Gasteiger partial charge in [-0.15, -0.1) is 0 Å². The molecule has 2 aromatic carbocycles.